The summed E-state index contributed by atoms with van der Waals surface area (Å²) in [5.74, 6) is 2.13. The smallest absolute Gasteiger partial charge is 0.433 e. The van der Waals surface area contributed by atoms with Crippen LogP contribution in [-0.4, -0.2) is 53.6 Å². The Labute approximate surface area is 184 Å². The highest BCUT2D eigenvalue weighted by molar-refractivity contribution is 7.98. The number of fused-ring (bicyclic) bond motifs is 1. The minimum absolute atomic E-state index is 0. The number of rotatable bonds is 8. The fourth-order valence-corrected chi connectivity index (χ4v) is 4.18. The zero-order valence-electron chi connectivity index (χ0n) is 17.2. The third-order valence-electron chi connectivity index (χ3n) is 4.37. The number of hydrogen-bond donors (Lipinski definition) is 0. The molecule has 3 aromatic heterocycles. The maximum Gasteiger partial charge on any atom is 0.433 e. The molecule has 0 aliphatic heterocycles. The molecule has 0 saturated carbocycles. The number of thioether (sulfide) groups is 1. The van der Waals surface area contributed by atoms with E-state index in [1.807, 2.05) is 6.26 Å². The molecule has 3 rings (SSSR count). The fraction of sp³-hybridized carbons (Fsp3) is 0.421. The Hall–Kier alpha value is -2.18. The van der Waals surface area contributed by atoms with Crippen molar-refractivity contribution in [2.45, 2.75) is 24.4 Å². The van der Waals surface area contributed by atoms with Gasteiger partial charge in [0.1, 0.15) is 17.1 Å². The van der Waals surface area contributed by atoms with Crippen LogP contribution in [0.25, 0.3) is 22.6 Å². The van der Waals surface area contributed by atoms with Gasteiger partial charge >= 0.3 is 6.18 Å². The molecule has 2 N–H and O–H groups in total. The summed E-state index contributed by atoms with van der Waals surface area (Å²) in [7, 11) is 0.294. The van der Waals surface area contributed by atoms with Gasteiger partial charge in [-0.25, -0.2) is 15.0 Å². The first-order valence-corrected chi connectivity index (χ1v) is 11.9. The van der Waals surface area contributed by atoms with Crippen molar-refractivity contribution in [3.8, 4) is 17.3 Å². The summed E-state index contributed by atoms with van der Waals surface area (Å²) >= 11 is 1.72. The molecule has 3 heterocycles. The van der Waals surface area contributed by atoms with Crippen LogP contribution in [0.1, 0.15) is 19.0 Å². The molecule has 1 atom stereocenters. The van der Waals surface area contributed by atoms with Crippen LogP contribution in [0.5, 0.6) is 5.75 Å². The molecule has 31 heavy (non-hydrogen) atoms. The van der Waals surface area contributed by atoms with Gasteiger partial charge in [0.2, 0.25) is 0 Å². The highest BCUT2D eigenvalue weighted by atomic mass is 32.2. The molecule has 0 saturated heterocycles. The Morgan fingerprint density at radius 2 is 1.97 bits per heavy atom. The first kappa shape index (κ1) is 25.1. The minimum Gasteiger partial charge on any atom is -0.492 e. The van der Waals surface area contributed by atoms with Crippen LogP contribution >= 0.6 is 11.8 Å². The summed E-state index contributed by atoms with van der Waals surface area (Å²) in [5.41, 5.74) is -0.106. The number of halogens is 3. The molecular weight excluding hydrogens is 453 g/mol. The van der Waals surface area contributed by atoms with Crippen molar-refractivity contribution in [1.82, 2.24) is 19.5 Å². The number of ether oxygens (including phenoxy) is 1. The van der Waals surface area contributed by atoms with Crippen molar-refractivity contribution in [2.75, 3.05) is 24.4 Å². The number of pyridine rings is 2. The normalized spacial score (nSPS) is 12.6. The third kappa shape index (κ3) is 5.55. The van der Waals surface area contributed by atoms with Crippen LogP contribution in [-0.2, 0) is 24.0 Å². The zero-order valence-corrected chi connectivity index (χ0v) is 18.8. The molecule has 170 valence electrons. The first-order chi connectivity index (χ1) is 14.3. The van der Waals surface area contributed by atoms with Gasteiger partial charge in [0.15, 0.2) is 5.82 Å². The second-order valence-corrected chi connectivity index (χ2v) is 9.09. The van der Waals surface area contributed by atoms with E-state index in [1.165, 1.54) is 6.20 Å². The summed E-state index contributed by atoms with van der Waals surface area (Å²) < 4.78 is 58.9. The molecule has 0 spiro atoms. The Balaban J connectivity index is 0.00000341. The van der Waals surface area contributed by atoms with E-state index in [2.05, 4.69) is 15.0 Å². The van der Waals surface area contributed by atoms with Crippen molar-refractivity contribution in [3.63, 3.8) is 0 Å². The van der Waals surface area contributed by atoms with E-state index in [-0.39, 0.29) is 11.0 Å². The van der Waals surface area contributed by atoms with E-state index in [0.717, 1.165) is 24.4 Å². The van der Waals surface area contributed by atoms with E-state index >= 15 is 0 Å². The highest BCUT2D eigenvalue weighted by Gasteiger charge is 2.33. The number of hydrogen-bond acceptors (Lipinski definition) is 6. The van der Waals surface area contributed by atoms with Crippen molar-refractivity contribution >= 4 is 33.6 Å². The van der Waals surface area contributed by atoms with Crippen LogP contribution in [0.15, 0.2) is 29.4 Å². The lowest BCUT2D eigenvalue weighted by atomic mass is 10.3. The maximum atomic E-state index is 13.0. The molecule has 0 amide bonds. The Morgan fingerprint density at radius 3 is 2.61 bits per heavy atom. The summed E-state index contributed by atoms with van der Waals surface area (Å²) in [5, 5.41) is 0. The lowest BCUT2D eigenvalue weighted by molar-refractivity contribution is -0.141. The van der Waals surface area contributed by atoms with Gasteiger partial charge in [0, 0.05) is 18.9 Å². The largest absolute Gasteiger partial charge is 0.492 e. The summed E-state index contributed by atoms with van der Waals surface area (Å²) in [4.78, 5) is 12.7. The third-order valence-corrected chi connectivity index (χ3v) is 6.39. The lowest BCUT2D eigenvalue weighted by Crippen LogP contribution is -2.07. The van der Waals surface area contributed by atoms with Crippen molar-refractivity contribution < 1.29 is 27.6 Å². The molecule has 0 radical (unpaired) electrons. The van der Waals surface area contributed by atoms with Gasteiger partial charge in [0.05, 0.1) is 45.7 Å². The molecule has 0 fully saturated rings. The van der Waals surface area contributed by atoms with Gasteiger partial charge in [-0.2, -0.15) is 24.9 Å². The summed E-state index contributed by atoms with van der Waals surface area (Å²) in [6.45, 7) is 2.29. The van der Waals surface area contributed by atoms with Crippen LogP contribution in [0, 0.1) is 0 Å². The van der Waals surface area contributed by atoms with E-state index < -0.39 is 22.7 Å². The molecule has 0 aliphatic carbocycles. The van der Waals surface area contributed by atoms with E-state index in [0.29, 0.717) is 40.0 Å². The molecule has 3 aromatic rings. The Bertz CT molecular complexity index is 1070. The monoisotopic (exact) mass is 476 g/mol. The predicted octanol–water partition coefficient (Wildman–Crippen LogP) is 3.48. The van der Waals surface area contributed by atoms with Gasteiger partial charge in [-0.1, -0.05) is 6.92 Å². The molecular formula is C19H23F3N4O3S2. The quantitative estimate of drug-likeness (QED) is 0.462. The topological polar surface area (TPSA) is 101 Å². The number of aryl methyl sites for hydroxylation is 1. The van der Waals surface area contributed by atoms with Crippen LogP contribution < -0.4 is 4.74 Å². The zero-order chi connectivity index (χ0) is 21.9. The number of nitrogens with zero attached hydrogens (tertiary/aromatic N) is 4. The van der Waals surface area contributed by atoms with Gasteiger partial charge in [-0.3, -0.25) is 4.21 Å². The van der Waals surface area contributed by atoms with Crippen LogP contribution in [0.4, 0.5) is 13.2 Å². The van der Waals surface area contributed by atoms with E-state index in [4.69, 9.17) is 4.74 Å². The first-order valence-electron chi connectivity index (χ1n) is 9.16. The molecule has 0 bridgehead atoms. The van der Waals surface area contributed by atoms with Gasteiger partial charge in [-0.05, 0) is 24.5 Å². The average Bonchev–Trinajstić information content (AvgIpc) is 3.05. The van der Waals surface area contributed by atoms with Gasteiger partial charge in [-0.15, -0.1) is 0 Å². The summed E-state index contributed by atoms with van der Waals surface area (Å²) in [6, 6.07) is 2.57. The lowest BCUT2D eigenvalue weighted by Gasteiger charge is -2.11. The Kier molecular flexibility index (Phi) is 8.43. The molecule has 7 nitrogen and oxygen atoms in total. The molecule has 1 unspecified atom stereocenters. The van der Waals surface area contributed by atoms with E-state index in [1.54, 1.807) is 36.4 Å². The van der Waals surface area contributed by atoms with Crippen molar-refractivity contribution in [1.29, 1.82) is 0 Å². The fourth-order valence-electron chi connectivity index (χ4n) is 2.85. The predicted molar refractivity (Wildman–Crippen MR) is 116 cm³/mol. The van der Waals surface area contributed by atoms with Crippen molar-refractivity contribution in [3.05, 3.63) is 30.2 Å². The SMILES string of the molecule is CCS(=O)c1cc(OCCCSC)cnc1-c1nc2cc(C(F)(F)F)ncc2n1C.O. The number of imidazole rings is 1. The Morgan fingerprint density at radius 1 is 1.23 bits per heavy atom. The summed E-state index contributed by atoms with van der Waals surface area (Å²) in [6.07, 6.45) is 0.976. The maximum absolute atomic E-state index is 13.0. The van der Waals surface area contributed by atoms with Gasteiger partial charge < -0.3 is 14.8 Å². The minimum atomic E-state index is -4.56. The molecule has 12 heteroatoms. The van der Waals surface area contributed by atoms with Crippen LogP contribution in [0.3, 0.4) is 0 Å². The van der Waals surface area contributed by atoms with Crippen molar-refractivity contribution in [2.24, 2.45) is 7.05 Å². The highest BCUT2D eigenvalue weighted by Crippen LogP contribution is 2.32. The molecule has 0 aliphatic rings. The van der Waals surface area contributed by atoms with Crippen LogP contribution in [0.2, 0.25) is 0 Å². The standard InChI is InChI=1S/C19H21F3N4O2S2.H2O/c1-4-30(27)15-8-12(28-6-5-7-29-3)10-24-17(15)18-25-13-9-16(19(20,21)22)23-11-14(13)26(18)2;/h8-11H,4-7H2,1-3H3;1H2. The number of alkyl halides is 3. The number of aromatic nitrogens is 4. The van der Waals surface area contributed by atoms with E-state index in [9.17, 15) is 17.4 Å². The molecule has 0 aromatic carbocycles. The second kappa shape index (κ2) is 10.4. The van der Waals surface area contributed by atoms with Gasteiger partial charge in [0.25, 0.3) is 0 Å². The average molecular weight is 477 g/mol. The second-order valence-electron chi connectivity index (χ2n) is 6.40.